The molecule has 1 aliphatic heterocycles. The Labute approximate surface area is 103 Å². The third kappa shape index (κ3) is 2.07. The Kier molecular flexibility index (Phi) is 3.45. The molecule has 1 amide bonds. The van der Waals surface area contributed by atoms with Crippen LogP contribution in [0.5, 0.6) is 0 Å². The number of halogens is 1. The molecule has 3 atom stereocenters. The Hall–Kier alpha value is -0.280. The van der Waals surface area contributed by atoms with E-state index in [0.29, 0.717) is 24.4 Å². The van der Waals surface area contributed by atoms with Crippen molar-refractivity contribution in [3.05, 3.63) is 0 Å². The lowest BCUT2D eigenvalue weighted by atomic mass is 10.2. The fourth-order valence-electron chi connectivity index (χ4n) is 3.13. The first-order chi connectivity index (χ1) is 7.31. The molecule has 3 nitrogen and oxygen atoms in total. The summed E-state index contributed by atoms with van der Waals surface area (Å²) in [5, 5.41) is 0. The molecule has 2 saturated carbocycles. The van der Waals surface area contributed by atoms with E-state index < -0.39 is 0 Å². The summed E-state index contributed by atoms with van der Waals surface area (Å²) in [5.74, 6) is 2.44. The summed E-state index contributed by atoms with van der Waals surface area (Å²) in [7, 11) is 0. The molecule has 3 fully saturated rings. The van der Waals surface area contributed by atoms with Crippen LogP contribution in [0.15, 0.2) is 0 Å². The normalized spacial score (nSPS) is 37.1. The minimum absolute atomic E-state index is 0. The van der Waals surface area contributed by atoms with Gasteiger partial charge in [-0.2, -0.15) is 0 Å². The highest BCUT2D eigenvalue weighted by molar-refractivity contribution is 5.85. The second-order valence-electron chi connectivity index (χ2n) is 5.41. The molecular formula is C12H21ClN2O. The maximum Gasteiger partial charge on any atom is 0.226 e. The van der Waals surface area contributed by atoms with Crippen LogP contribution in [0.2, 0.25) is 0 Å². The Balaban J connectivity index is 0.000000963. The second-order valence-corrected chi connectivity index (χ2v) is 5.41. The van der Waals surface area contributed by atoms with Gasteiger partial charge in [0.05, 0.1) is 0 Å². The molecule has 16 heavy (non-hydrogen) atoms. The zero-order valence-electron chi connectivity index (χ0n) is 9.60. The Bertz CT molecular complexity index is 280. The lowest BCUT2D eigenvalue weighted by Crippen LogP contribution is -2.41. The average Bonchev–Trinajstić information content (AvgIpc) is 3.11. The van der Waals surface area contributed by atoms with Crippen molar-refractivity contribution in [2.75, 3.05) is 13.1 Å². The lowest BCUT2D eigenvalue weighted by Gasteiger charge is -2.23. The van der Waals surface area contributed by atoms with Gasteiger partial charge in [0.15, 0.2) is 0 Å². The molecule has 92 valence electrons. The van der Waals surface area contributed by atoms with E-state index in [9.17, 15) is 4.79 Å². The zero-order valence-corrected chi connectivity index (χ0v) is 10.4. The first-order valence-electron chi connectivity index (χ1n) is 6.32. The topological polar surface area (TPSA) is 46.3 Å². The summed E-state index contributed by atoms with van der Waals surface area (Å²) in [6, 6.07) is 0.345. The van der Waals surface area contributed by atoms with Crippen LogP contribution in [0.1, 0.15) is 32.1 Å². The number of nitrogens with zero attached hydrogens (tertiary/aromatic N) is 1. The number of amides is 1. The molecule has 1 saturated heterocycles. The van der Waals surface area contributed by atoms with Crippen LogP contribution in [-0.2, 0) is 4.79 Å². The van der Waals surface area contributed by atoms with Crippen molar-refractivity contribution < 1.29 is 4.79 Å². The van der Waals surface area contributed by atoms with Crippen molar-refractivity contribution in [1.82, 2.24) is 4.90 Å². The highest BCUT2D eigenvalue weighted by atomic mass is 35.5. The van der Waals surface area contributed by atoms with E-state index in [2.05, 4.69) is 4.90 Å². The van der Waals surface area contributed by atoms with Crippen molar-refractivity contribution in [3.8, 4) is 0 Å². The molecule has 0 aromatic rings. The summed E-state index contributed by atoms with van der Waals surface area (Å²) in [6.45, 7) is 1.60. The van der Waals surface area contributed by atoms with Crippen molar-refractivity contribution in [2.45, 2.75) is 38.1 Å². The van der Waals surface area contributed by atoms with Gasteiger partial charge < -0.3 is 10.6 Å². The van der Waals surface area contributed by atoms with Gasteiger partial charge in [-0.25, -0.2) is 0 Å². The van der Waals surface area contributed by atoms with E-state index >= 15 is 0 Å². The summed E-state index contributed by atoms with van der Waals surface area (Å²) in [5.41, 5.74) is 5.70. The monoisotopic (exact) mass is 244 g/mol. The van der Waals surface area contributed by atoms with Gasteiger partial charge in [0.1, 0.15) is 0 Å². The van der Waals surface area contributed by atoms with E-state index in [0.717, 1.165) is 37.6 Å². The molecule has 0 aromatic heterocycles. The van der Waals surface area contributed by atoms with Crippen molar-refractivity contribution in [1.29, 1.82) is 0 Å². The van der Waals surface area contributed by atoms with Gasteiger partial charge in [-0.05, 0) is 43.9 Å². The second kappa shape index (κ2) is 4.53. The molecule has 0 spiro atoms. The molecule has 3 rings (SSSR count). The average molecular weight is 245 g/mol. The predicted molar refractivity (Wildman–Crippen MR) is 65.4 cm³/mol. The Morgan fingerprint density at radius 2 is 2.06 bits per heavy atom. The number of hydrogen-bond donors (Lipinski definition) is 1. The highest BCUT2D eigenvalue weighted by Crippen LogP contribution is 2.55. The molecule has 2 aliphatic carbocycles. The van der Waals surface area contributed by atoms with E-state index in [1.54, 1.807) is 0 Å². The summed E-state index contributed by atoms with van der Waals surface area (Å²) >= 11 is 0. The molecule has 1 heterocycles. The number of likely N-dealkylation sites (tertiary alicyclic amines) is 1. The van der Waals surface area contributed by atoms with Gasteiger partial charge in [-0.1, -0.05) is 0 Å². The van der Waals surface area contributed by atoms with Gasteiger partial charge in [-0.15, -0.1) is 12.4 Å². The summed E-state index contributed by atoms with van der Waals surface area (Å²) < 4.78 is 0. The molecule has 3 unspecified atom stereocenters. The van der Waals surface area contributed by atoms with Crippen molar-refractivity contribution >= 4 is 18.3 Å². The molecule has 0 radical (unpaired) electrons. The van der Waals surface area contributed by atoms with E-state index in [1.807, 2.05) is 0 Å². The summed E-state index contributed by atoms with van der Waals surface area (Å²) in [4.78, 5) is 14.3. The van der Waals surface area contributed by atoms with E-state index in [1.165, 1.54) is 12.8 Å². The minimum atomic E-state index is 0. The van der Waals surface area contributed by atoms with Gasteiger partial charge in [0, 0.05) is 25.0 Å². The quantitative estimate of drug-likeness (QED) is 0.816. The standard InChI is InChI=1S/C12H20N2O.ClH/c13-7-9-2-1-5-14(9)12(15)11-6-10(11)8-3-4-8;/h8-11H,1-7,13H2;1H. The van der Waals surface area contributed by atoms with Crippen LogP contribution in [0.4, 0.5) is 0 Å². The number of rotatable bonds is 3. The molecule has 2 N–H and O–H groups in total. The predicted octanol–water partition coefficient (Wildman–Crippen LogP) is 1.40. The lowest BCUT2D eigenvalue weighted by molar-refractivity contribution is -0.133. The Morgan fingerprint density at radius 1 is 1.31 bits per heavy atom. The smallest absolute Gasteiger partial charge is 0.226 e. The van der Waals surface area contributed by atoms with Gasteiger partial charge >= 0.3 is 0 Å². The summed E-state index contributed by atoms with van der Waals surface area (Å²) in [6.07, 6.45) is 6.16. The number of nitrogens with two attached hydrogens (primary N) is 1. The number of hydrogen-bond acceptors (Lipinski definition) is 2. The van der Waals surface area contributed by atoms with Crippen LogP contribution < -0.4 is 5.73 Å². The third-order valence-electron chi connectivity index (χ3n) is 4.32. The fourth-order valence-corrected chi connectivity index (χ4v) is 3.13. The zero-order chi connectivity index (χ0) is 10.4. The minimum Gasteiger partial charge on any atom is -0.338 e. The molecule has 0 aromatic carbocycles. The maximum atomic E-state index is 12.2. The van der Waals surface area contributed by atoms with Crippen LogP contribution >= 0.6 is 12.4 Å². The Morgan fingerprint density at radius 3 is 2.69 bits per heavy atom. The van der Waals surface area contributed by atoms with E-state index in [-0.39, 0.29) is 12.4 Å². The van der Waals surface area contributed by atoms with Gasteiger partial charge in [-0.3, -0.25) is 4.79 Å². The largest absolute Gasteiger partial charge is 0.338 e. The van der Waals surface area contributed by atoms with Crippen LogP contribution in [0.25, 0.3) is 0 Å². The fraction of sp³-hybridized carbons (Fsp3) is 0.917. The van der Waals surface area contributed by atoms with Crippen LogP contribution in [-0.4, -0.2) is 29.9 Å². The third-order valence-corrected chi connectivity index (χ3v) is 4.32. The van der Waals surface area contributed by atoms with Crippen LogP contribution in [0, 0.1) is 17.8 Å². The highest BCUT2D eigenvalue weighted by Gasteiger charge is 2.52. The van der Waals surface area contributed by atoms with Crippen LogP contribution in [0.3, 0.4) is 0 Å². The van der Waals surface area contributed by atoms with Crippen molar-refractivity contribution in [2.24, 2.45) is 23.5 Å². The SMILES string of the molecule is Cl.NCC1CCCN1C(=O)C1CC1C1CC1. The first-order valence-corrected chi connectivity index (χ1v) is 6.32. The molecular weight excluding hydrogens is 224 g/mol. The number of carbonyl (C=O) groups is 1. The van der Waals surface area contributed by atoms with Gasteiger partial charge in [0.2, 0.25) is 5.91 Å². The molecule has 3 aliphatic rings. The first kappa shape index (κ1) is 12.2. The molecule has 4 heteroatoms. The number of carbonyl (C=O) groups excluding carboxylic acids is 1. The van der Waals surface area contributed by atoms with Gasteiger partial charge in [0.25, 0.3) is 0 Å². The maximum absolute atomic E-state index is 12.2. The molecule has 0 bridgehead atoms. The van der Waals surface area contributed by atoms with Crippen molar-refractivity contribution in [3.63, 3.8) is 0 Å². The van der Waals surface area contributed by atoms with E-state index in [4.69, 9.17) is 5.73 Å².